The molecular weight excluding hydrogens is 406 g/mol. The van der Waals surface area contributed by atoms with Crippen LogP contribution < -0.4 is 10.5 Å². The predicted molar refractivity (Wildman–Crippen MR) is 111 cm³/mol. The summed E-state index contributed by atoms with van der Waals surface area (Å²) >= 11 is 6.20. The third-order valence-corrected chi connectivity index (χ3v) is 4.96. The maximum absolute atomic E-state index is 12.0. The number of nitrogens with zero attached hydrogens (tertiary/aromatic N) is 6. The summed E-state index contributed by atoms with van der Waals surface area (Å²) in [4.78, 5) is 20.9. The predicted octanol–water partition coefficient (Wildman–Crippen LogP) is 2.89. The highest BCUT2D eigenvalue weighted by molar-refractivity contribution is 6.30. The molecule has 0 spiro atoms. The summed E-state index contributed by atoms with van der Waals surface area (Å²) in [6.45, 7) is 0. The van der Waals surface area contributed by atoms with Crippen molar-refractivity contribution in [3.8, 4) is 22.7 Å². The van der Waals surface area contributed by atoms with E-state index in [0.717, 1.165) is 5.56 Å². The number of fused-ring (bicyclic) bond motifs is 2. The van der Waals surface area contributed by atoms with Crippen molar-refractivity contribution in [1.29, 1.82) is 0 Å². The lowest BCUT2D eigenvalue weighted by molar-refractivity contribution is 0.0996. The average molecular weight is 420 g/mol. The quantitative estimate of drug-likeness (QED) is 0.479. The average Bonchev–Trinajstić information content (AvgIpc) is 3.35. The van der Waals surface area contributed by atoms with Crippen LogP contribution in [0.3, 0.4) is 0 Å². The van der Waals surface area contributed by atoms with Crippen molar-refractivity contribution in [2.24, 2.45) is 5.73 Å². The van der Waals surface area contributed by atoms with E-state index in [9.17, 15) is 4.79 Å². The topological polar surface area (TPSA) is 113 Å². The number of nitrogens with two attached hydrogens (primary N) is 1. The SMILES string of the molecule is COc1ccc(Cl)cc1-n1nc(C(N)=O)c2cnc(-c3cnn4cccnc34)cc21. The van der Waals surface area contributed by atoms with Crippen LogP contribution in [0, 0.1) is 0 Å². The van der Waals surface area contributed by atoms with Crippen LogP contribution in [-0.4, -0.2) is 42.4 Å². The minimum atomic E-state index is -0.660. The molecule has 4 heterocycles. The van der Waals surface area contributed by atoms with Crippen LogP contribution in [0.4, 0.5) is 0 Å². The Morgan fingerprint density at radius 2 is 2.07 bits per heavy atom. The first-order valence-corrected chi connectivity index (χ1v) is 9.26. The van der Waals surface area contributed by atoms with E-state index in [1.54, 1.807) is 71.4 Å². The molecule has 10 heteroatoms. The van der Waals surface area contributed by atoms with E-state index in [-0.39, 0.29) is 5.69 Å². The third kappa shape index (κ3) is 2.75. The summed E-state index contributed by atoms with van der Waals surface area (Å²) < 4.78 is 8.69. The van der Waals surface area contributed by atoms with Crippen molar-refractivity contribution in [2.45, 2.75) is 0 Å². The number of rotatable bonds is 4. The van der Waals surface area contributed by atoms with Crippen molar-refractivity contribution in [2.75, 3.05) is 7.11 Å². The molecule has 0 saturated heterocycles. The fourth-order valence-electron chi connectivity index (χ4n) is 3.36. The highest BCUT2D eigenvalue weighted by atomic mass is 35.5. The van der Waals surface area contributed by atoms with E-state index in [1.807, 2.05) is 0 Å². The van der Waals surface area contributed by atoms with E-state index in [0.29, 0.717) is 38.7 Å². The first-order valence-electron chi connectivity index (χ1n) is 8.88. The molecule has 0 radical (unpaired) electrons. The molecule has 0 aliphatic carbocycles. The number of carbonyl (C=O) groups is 1. The van der Waals surface area contributed by atoms with Crippen LogP contribution in [0.15, 0.2) is 55.1 Å². The molecule has 0 saturated carbocycles. The molecule has 148 valence electrons. The number of hydrogen-bond donors (Lipinski definition) is 1. The van der Waals surface area contributed by atoms with Gasteiger partial charge in [0.15, 0.2) is 11.3 Å². The minimum absolute atomic E-state index is 0.101. The number of aromatic nitrogens is 6. The summed E-state index contributed by atoms with van der Waals surface area (Å²) in [5.74, 6) is -0.122. The van der Waals surface area contributed by atoms with Gasteiger partial charge in [0.1, 0.15) is 11.4 Å². The number of benzene rings is 1. The van der Waals surface area contributed by atoms with Gasteiger partial charge in [0.05, 0.1) is 35.5 Å². The summed E-state index contributed by atoms with van der Waals surface area (Å²) in [5.41, 5.74) is 8.86. The van der Waals surface area contributed by atoms with Gasteiger partial charge in [-0.25, -0.2) is 14.2 Å². The first kappa shape index (κ1) is 18.1. The zero-order chi connectivity index (χ0) is 20.8. The Hall–Kier alpha value is -3.98. The summed E-state index contributed by atoms with van der Waals surface area (Å²) in [5, 5.41) is 9.74. The van der Waals surface area contributed by atoms with Crippen molar-refractivity contribution in [3.05, 3.63) is 65.8 Å². The molecule has 0 bridgehead atoms. The van der Waals surface area contributed by atoms with E-state index in [2.05, 4.69) is 20.2 Å². The second-order valence-corrected chi connectivity index (χ2v) is 6.91. The van der Waals surface area contributed by atoms with Crippen LogP contribution in [0.1, 0.15) is 10.5 Å². The van der Waals surface area contributed by atoms with Gasteiger partial charge in [0.25, 0.3) is 5.91 Å². The van der Waals surface area contributed by atoms with E-state index >= 15 is 0 Å². The number of amides is 1. The van der Waals surface area contributed by atoms with Crippen molar-refractivity contribution in [1.82, 2.24) is 29.4 Å². The van der Waals surface area contributed by atoms with Crippen LogP contribution in [0.5, 0.6) is 5.75 Å². The standard InChI is InChI=1S/C20H14ClN7O2/c1-30-17-4-3-11(21)7-16(17)28-15-8-14(24-9-13(15)18(26-28)19(22)29)12-10-25-27-6-2-5-23-20(12)27/h2-10H,1H3,(H2,22,29). The Morgan fingerprint density at radius 3 is 2.87 bits per heavy atom. The Balaban J connectivity index is 1.80. The molecule has 5 aromatic rings. The van der Waals surface area contributed by atoms with Gasteiger partial charge in [-0.2, -0.15) is 10.2 Å². The number of pyridine rings is 1. The first-order chi connectivity index (χ1) is 14.6. The monoisotopic (exact) mass is 419 g/mol. The second-order valence-electron chi connectivity index (χ2n) is 6.47. The smallest absolute Gasteiger partial charge is 0.269 e. The number of methoxy groups -OCH3 is 1. The molecule has 0 fully saturated rings. The second kappa shape index (κ2) is 6.82. The molecule has 1 amide bonds. The van der Waals surface area contributed by atoms with Gasteiger partial charge in [0.2, 0.25) is 0 Å². The van der Waals surface area contributed by atoms with E-state index in [1.165, 1.54) is 0 Å². The van der Waals surface area contributed by atoms with Gasteiger partial charge in [-0.3, -0.25) is 9.78 Å². The highest BCUT2D eigenvalue weighted by Crippen LogP contribution is 2.32. The Bertz CT molecular complexity index is 1440. The van der Waals surface area contributed by atoms with Crippen LogP contribution >= 0.6 is 11.6 Å². The Morgan fingerprint density at radius 1 is 1.20 bits per heavy atom. The lowest BCUT2D eigenvalue weighted by Gasteiger charge is -2.10. The van der Waals surface area contributed by atoms with Crippen molar-refractivity contribution < 1.29 is 9.53 Å². The van der Waals surface area contributed by atoms with Crippen LogP contribution in [-0.2, 0) is 0 Å². The van der Waals surface area contributed by atoms with E-state index < -0.39 is 5.91 Å². The third-order valence-electron chi connectivity index (χ3n) is 4.72. The molecule has 2 N–H and O–H groups in total. The zero-order valence-corrected chi connectivity index (χ0v) is 16.4. The number of halogens is 1. The van der Waals surface area contributed by atoms with Gasteiger partial charge in [-0.1, -0.05) is 11.6 Å². The highest BCUT2D eigenvalue weighted by Gasteiger charge is 2.20. The number of primary amides is 1. The fraction of sp³-hybridized carbons (Fsp3) is 0.0500. The molecule has 0 aliphatic rings. The molecule has 0 unspecified atom stereocenters. The molecular formula is C20H14ClN7O2. The number of carbonyl (C=O) groups excluding carboxylic acids is 1. The maximum atomic E-state index is 12.0. The summed E-state index contributed by atoms with van der Waals surface area (Å²) in [6.07, 6.45) is 6.74. The molecule has 30 heavy (non-hydrogen) atoms. The molecule has 0 aliphatic heterocycles. The lowest BCUT2D eigenvalue weighted by atomic mass is 10.1. The van der Waals surface area contributed by atoms with E-state index in [4.69, 9.17) is 22.1 Å². The summed E-state index contributed by atoms with van der Waals surface area (Å²) in [6, 6.07) is 8.74. The lowest BCUT2D eigenvalue weighted by Crippen LogP contribution is -2.12. The molecule has 0 atom stereocenters. The Labute approximate surface area is 174 Å². The normalized spacial score (nSPS) is 11.3. The minimum Gasteiger partial charge on any atom is -0.494 e. The number of ether oxygens (including phenoxy) is 1. The molecule has 1 aromatic carbocycles. The van der Waals surface area contributed by atoms with Crippen LogP contribution in [0.2, 0.25) is 5.02 Å². The molecule has 4 aromatic heterocycles. The van der Waals surface area contributed by atoms with Gasteiger partial charge in [-0.05, 0) is 30.3 Å². The maximum Gasteiger partial charge on any atom is 0.269 e. The molecule has 5 rings (SSSR count). The van der Waals surface area contributed by atoms with Crippen molar-refractivity contribution >= 4 is 34.1 Å². The van der Waals surface area contributed by atoms with Crippen molar-refractivity contribution in [3.63, 3.8) is 0 Å². The van der Waals surface area contributed by atoms with Gasteiger partial charge < -0.3 is 10.5 Å². The van der Waals surface area contributed by atoms with Gasteiger partial charge in [-0.15, -0.1) is 0 Å². The van der Waals surface area contributed by atoms with Gasteiger partial charge in [0, 0.05) is 23.6 Å². The summed E-state index contributed by atoms with van der Waals surface area (Å²) in [7, 11) is 1.55. The number of hydrogen-bond acceptors (Lipinski definition) is 6. The molecule has 9 nitrogen and oxygen atoms in total. The Kier molecular flexibility index (Phi) is 4.11. The van der Waals surface area contributed by atoms with Gasteiger partial charge >= 0.3 is 0 Å². The van der Waals surface area contributed by atoms with Crippen LogP contribution in [0.25, 0.3) is 33.5 Å². The zero-order valence-electron chi connectivity index (χ0n) is 15.7. The fourth-order valence-corrected chi connectivity index (χ4v) is 3.53. The largest absolute Gasteiger partial charge is 0.494 e.